The molecule has 0 saturated carbocycles. The van der Waals surface area contributed by atoms with Gasteiger partial charge in [-0.3, -0.25) is 0 Å². The molecule has 0 saturated heterocycles. The molecule has 0 radical (unpaired) electrons. The van der Waals surface area contributed by atoms with E-state index in [1.54, 1.807) is 0 Å². The summed E-state index contributed by atoms with van der Waals surface area (Å²) in [6.45, 7) is 0. The molecular formula is C12H7Cl2F3N2O. The maximum Gasteiger partial charge on any atom is 0.417 e. The largest absolute Gasteiger partial charge is 0.436 e. The molecule has 106 valence electrons. The van der Waals surface area contributed by atoms with Crippen molar-refractivity contribution in [2.45, 2.75) is 6.18 Å². The lowest BCUT2D eigenvalue weighted by molar-refractivity contribution is -0.137. The Balaban J connectivity index is 2.27. The Morgan fingerprint density at radius 1 is 1.10 bits per heavy atom. The van der Waals surface area contributed by atoms with Gasteiger partial charge in [0.1, 0.15) is 0 Å². The number of nitrogens with two attached hydrogens (primary N) is 1. The second-order valence-electron chi connectivity index (χ2n) is 3.80. The summed E-state index contributed by atoms with van der Waals surface area (Å²) in [5.41, 5.74) is 4.99. The monoisotopic (exact) mass is 322 g/mol. The van der Waals surface area contributed by atoms with Crippen LogP contribution in [-0.2, 0) is 6.18 Å². The number of benzene rings is 1. The molecule has 8 heteroatoms. The van der Waals surface area contributed by atoms with E-state index >= 15 is 0 Å². The van der Waals surface area contributed by atoms with Crippen LogP contribution in [0.5, 0.6) is 11.6 Å². The van der Waals surface area contributed by atoms with E-state index in [1.165, 1.54) is 12.1 Å². The van der Waals surface area contributed by atoms with Crippen LogP contribution >= 0.6 is 23.2 Å². The van der Waals surface area contributed by atoms with E-state index in [2.05, 4.69) is 4.98 Å². The minimum Gasteiger partial charge on any atom is -0.436 e. The Labute approximate surface area is 122 Å². The first-order valence-electron chi connectivity index (χ1n) is 5.23. The van der Waals surface area contributed by atoms with E-state index in [0.29, 0.717) is 11.9 Å². The fraction of sp³-hybridized carbons (Fsp3) is 0.0833. The summed E-state index contributed by atoms with van der Waals surface area (Å²) in [5, 5.41) is 0.272. The highest BCUT2D eigenvalue weighted by atomic mass is 35.5. The molecule has 3 nitrogen and oxygen atoms in total. The lowest BCUT2D eigenvalue weighted by Gasteiger charge is -2.10. The topological polar surface area (TPSA) is 48.1 Å². The Hall–Kier alpha value is -1.66. The van der Waals surface area contributed by atoms with Crippen LogP contribution in [0.4, 0.5) is 18.9 Å². The number of anilines is 1. The maximum absolute atomic E-state index is 12.4. The van der Waals surface area contributed by atoms with Crippen LogP contribution in [0, 0.1) is 0 Å². The van der Waals surface area contributed by atoms with Gasteiger partial charge in [0, 0.05) is 18.0 Å². The summed E-state index contributed by atoms with van der Waals surface area (Å²) in [5.74, 6) is 0.0152. The van der Waals surface area contributed by atoms with Crippen molar-refractivity contribution in [3.05, 3.63) is 46.1 Å². The molecule has 0 aliphatic heterocycles. The lowest BCUT2D eigenvalue weighted by atomic mass is 10.3. The predicted octanol–water partition coefficient (Wildman–Crippen LogP) is 4.78. The Morgan fingerprint density at radius 3 is 2.15 bits per heavy atom. The number of nitrogens with zero attached hydrogens (tertiary/aromatic N) is 1. The quantitative estimate of drug-likeness (QED) is 0.809. The smallest absolute Gasteiger partial charge is 0.417 e. The molecule has 0 amide bonds. The zero-order valence-corrected chi connectivity index (χ0v) is 11.2. The first kappa shape index (κ1) is 14.7. The van der Waals surface area contributed by atoms with Gasteiger partial charge in [-0.1, -0.05) is 23.2 Å². The number of ether oxygens (including phenoxy) is 1. The highest BCUT2D eigenvalue weighted by Crippen LogP contribution is 2.38. The van der Waals surface area contributed by atoms with Crippen molar-refractivity contribution in [3.8, 4) is 11.6 Å². The number of hydrogen-bond donors (Lipinski definition) is 1. The van der Waals surface area contributed by atoms with Crippen molar-refractivity contribution in [2.75, 3.05) is 5.73 Å². The van der Waals surface area contributed by atoms with Gasteiger partial charge in [-0.15, -0.1) is 0 Å². The molecule has 2 rings (SSSR count). The number of nitrogen functional groups attached to an aromatic ring is 1. The molecule has 0 aliphatic carbocycles. The van der Waals surface area contributed by atoms with Crippen LogP contribution in [0.25, 0.3) is 0 Å². The van der Waals surface area contributed by atoms with Gasteiger partial charge in [-0.2, -0.15) is 13.2 Å². The van der Waals surface area contributed by atoms with E-state index in [0.717, 1.165) is 12.1 Å². The molecule has 0 bridgehead atoms. The predicted molar refractivity (Wildman–Crippen MR) is 70.2 cm³/mol. The third-order valence-corrected chi connectivity index (χ3v) is 2.85. The molecular weight excluding hydrogens is 316 g/mol. The van der Waals surface area contributed by atoms with E-state index < -0.39 is 11.7 Å². The van der Waals surface area contributed by atoms with Crippen LogP contribution in [0.1, 0.15) is 5.56 Å². The maximum atomic E-state index is 12.4. The average molecular weight is 323 g/mol. The molecule has 0 atom stereocenters. The van der Waals surface area contributed by atoms with Gasteiger partial charge in [0.25, 0.3) is 0 Å². The first-order valence-corrected chi connectivity index (χ1v) is 5.98. The highest BCUT2D eigenvalue weighted by molar-refractivity contribution is 6.37. The number of halogens is 5. The Kier molecular flexibility index (Phi) is 3.96. The van der Waals surface area contributed by atoms with Crippen LogP contribution in [0.15, 0.2) is 30.5 Å². The van der Waals surface area contributed by atoms with Gasteiger partial charge < -0.3 is 10.5 Å². The highest BCUT2D eigenvalue weighted by Gasteiger charge is 2.30. The third-order valence-electron chi connectivity index (χ3n) is 2.29. The summed E-state index contributed by atoms with van der Waals surface area (Å²) < 4.78 is 42.4. The van der Waals surface area contributed by atoms with Crippen molar-refractivity contribution in [1.29, 1.82) is 0 Å². The standard InChI is InChI=1S/C12H7Cl2F3N2O/c13-8-3-7(18)4-9(14)11(8)20-10-2-1-6(5-19-10)12(15,16)17/h1-5H,18H2. The van der Waals surface area contributed by atoms with E-state index in [9.17, 15) is 13.2 Å². The number of aromatic nitrogens is 1. The molecule has 2 aromatic rings. The van der Waals surface area contributed by atoms with Crippen molar-refractivity contribution in [2.24, 2.45) is 0 Å². The molecule has 1 aromatic carbocycles. The lowest BCUT2D eigenvalue weighted by Crippen LogP contribution is -2.05. The van der Waals surface area contributed by atoms with Gasteiger partial charge in [0.2, 0.25) is 5.88 Å². The molecule has 20 heavy (non-hydrogen) atoms. The van der Waals surface area contributed by atoms with Gasteiger partial charge in [0.15, 0.2) is 5.75 Å². The van der Waals surface area contributed by atoms with E-state index in [1.807, 2.05) is 0 Å². The van der Waals surface area contributed by atoms with Crippen LogP contribution in [0.2, 0.25) is 10.0 Å². The van der Waals surface area contributed by atoms with Crippen LogP contribution in [0.3, 0.4) is 0 Å². The second kappa shape index (κ2) is 5.38. The van der Waals surface area contributed by atoms with Crippen molar-refractivity contribution >= 4 is 28.9 Å². The van der Waals surface area contributed by atoms with Crippen LogP contribution < -0.4 is 10.5 Å². The summed E-state index contributed by atoms with van der Waals surface area (Å²) >= 11 is 11.8. The second-order valence-corrected chi connectivity index (χ2v) is 4.61. The fourth-order valence-electron chi connectivity index (χ4n) is 1.39. The molecule has 0 aliphatic rings. The molecule has 1 heterocycles. The summed E-state index contributed by atoms with van der Waals surface area (Å²) in [6, 6.07) is 4.74. The van der Waals surface area contributed by atoms with Gasteiger partial charge >= 0.3 is 6.18 Å². The zero-order valence-electron chi connectivity index (χ0n) is 9.71. The van der Waals surface area contributed by atoms with Gasteiger partial charge in [-0.25, -0.2) is 4.98 Å². The fourth-order valence-corrected chi connectivity index (χ4v) is 1.97. The summed E-state index contributed by atoms with van der Waals surface area (Å²) in [6.07, 6.45) is -3.80. The van der Waals surface area contributed by atoms with Crippen LogP contribution in [-0.4, -0.2) is 4.98 Å². The minimum absolute atomic E-state index is 0.0634. The molecule has 0 unspecified atom stereocenters. The zero-order chi connectivity index (χ0) is 14.9. The average Bonchev–Trinajstić information content (AvgIpc) is 2.33. The molecule has 0 fully saturated rings. The van der Waals surface area contributed by atoms with Gasteiger partial charge in [0.05, 0.1) is 15.6 Å². The first-order chi connectivity index (χ1) is 9.27. The van der Waals surface area contributed by atoms with Crippen molar-refractivity contribution in [1.82, 2.24) is 4.98 Å². The molecule has 0 spiro atoms. The van der Waals surface area contributed by atoms with E-state index in [4.69, 9.17) is 33.7 Å². The van der Waals surface area contributed by atoms with Gasteiger partial charge in [-0.05, 0) is 18.2 Å². The normalized spacial score (nSPS) is 11.4. The number of alkyl halides is 3. The molecule has 2 N–H and O–H groups in total. The summed E-state index contributed by atoms with van der Waals surface area (Å²) in [7, 11) is 0. The summed E-state index contributed by atoms with van der Waals surface area (Å²) in [4.78, 5) is 3.55. The minimum atomic E-state index is -4.46. The third kappa shape index (κ3) is 3.26. The van der Waals surface area contributed by atoms with Crippen molar-refractivity contribution in [3.63, 3.8) is 0 Å². The van der Waals surface area contributed by atoms with Crippen molar-refractivity contribution < 1.29 is 17.9 Å². The number of pyridine rings is 1. The Morgan fingerprint density at radius 2 is 1.70 bits per heavy atom. The number of rotatable bonds is 2. The Bertz CT molecular complexity index is 607. The van der Waals surface area contributed by atoms with E-state index in [-0.39, 0.29) is 21.7 Å². The number of hydrogen-bond acceptors (Lipinski definition) is 3. The SMILES string of the molecule is Nc1cc(Cl)c(Oc2ccc(C(F)(F)F)cn2)c(Cl)c1. The molecule has 1 aromatic heterocycles.